The largest absolute Gasteiger partial charge is 0.479 e. The summed E-state index contributed by atoms with van der Waals surface area (Å²) in [5.74, 6) is 1.99. The number of nitrogens with zero attached hydrogens (tertiary/aromatic N) is 7. The normalized spacial score (nSPS) is 13.5. The highest BCUT2D eigenvalue weighted by Crippen LogP contribution is 2.29. The van der Waals surface area contributed by atoms with Crippen LogP contribution < -0.4 is 9.64 Å². The van der Waals surface area contributed by atoms with Crippen LogP contribution in [-0.4, -0.2) is 43.0 Å². The van der Waals surface area contributed by atoms with E-state index in [1.165, 1.54) is 0 Å². The van der Waals surface area contributed by atoms with Gasteiger partial charge < -0.3 is 14.2 Å². The molecule has 8 nitrogen and oxygen atoms in total. The topological polar surface area (TPSA) is 73.9 Å². The molecular formula is C23H22ClN7O. The molecule has 0 bridgehead atoms. The molecule has 1 aliphatic rings. The summed E-state index contributed by atoms with van der Waals surface area (Å²) in [4.78, 5) is 15.8. The number of benzene rings is 1. The number of hydrogen-bond acceptors (Lipinski definition) is 6. The van der Waals surface area contributed by atoms with Crippen molar-refractivity contribution >= 4 is 35.4 Å². The van der Waals surface area contributed by atoms with Crippen LogP contribution >= 0.6 is 11.6 Å². The van der Waals surface area contributed by atoms with Crippen molar-refractivity contribution in [1.82, 2.24) is 29.3 Å². The third-order valence-corrected chi connectivity index (χ3v) is 5.50. The Hall–Kier alpha value is -3.65. The number of aryl methyl sites for hydroxylation is 2. The van der Waals surface area contributed by atoms with Crippen LogP contribution in [0.2, 0.25) is 5.02 Å². The molecule has 1 aromatic carbocycles. The third-order valence-electron chi connectivity index (χ3n) is 5.25. The standard InChI is InChI=1S/C23H22ClN7O/c1-16-14-29(15-25-16)20-10-6-18(26-22(20)32-2)7-11-21-27-23-30(12-3-13-31(23)28-21)19-8-4-17(24)5-9-19/h4-11,14-15H,3,12-13H2,1-2H3. The Labute approximate surface area is 190 Å². The Balaban J connectivity index is 1.40. The number of rotatable bonds is 5. The minimum atomic E-state index is 0.524. The summed E-state index contributed by atoms with van der Waals surface area (Å²) in [6, 6.07) is 11.7. The molecule has 0 saturated heterocycles. The number of hydrogen-bond donors (Lipinski definition) is 0. The molecule has 5 rings (SSSR count). The lowest BCUT2D eigenvalue weighted by molar-refractivity contribution is 0.395. The van der Waals surface area contributed by atoms with Gasteiger partial charge >= 0.3 is 0 Å². The van der Waals surface area contributed by atoms with E-state index in [2.05, 4.69) is 20.0 Å². The fourth-order valence-corrected chi connectivity index (χ4v) is 3.84. The zero-order valence-corrected chi connectivity index (χ0v) is 18.6. The van der Waals surface area contributed by atoms with Gasteiger partial charge in [0.15, 0.2) is 5.82 Å². The molecule has 1 aliphatic heterocycles. The lowest BCUT2D eigenvalue weighted by Gasteiger charge is -2.27. The molecule has 32 heavy (non-hydrogen) atoms. The fourth-order valence-electron chi connectivity index (χ4n) is 3.72. The number of pyridine rings is 1. The van der Waals surface area contributed by atoms with E-state index >= 15 is 0 Å². The van der Waals surface area contributed by atoms with Crippen LogP contribution in [0.5, 0.6) is 5.88 Å². The maximum absolute atomic E-state index is 6.04. The summed E-state index contributed by atoms with van der Waals surface area (Å²) in [5.41, 5.74) is 3.57. The Morgan fingerprint density at radius 1 is 1.03 bits per heavy atom. The maximum atomic E-state index is 6.04. The van der Waals surface area contributed by atoms with E-state index in [9.17, 15) is 0 Å². The van der Waals surface area contributed by atoms with Crippen molar-refractivity contribution in [3.8, 4) is 11.6 Å². The molecule has 0 amide bonds. The van der Waals surface area contributed by atoms with Gasteiger partial charge in [0.05, 0.1) is 24.8 Å². The van der Waals surface area contributed by atoms with Crippen molar-refractivity contribution in [2.24, 2.45) is 0 Å². The summed E-state index contributed by atoms with van der Waals surface area (Å²) < 4.78 is 9.33. The zero-order valence-electron chi connectivity index (χ0n) is 17.8. The molecule has 0 aliphatic carbocycles. The molecule has 0 fully saturated rings. The van der Waals surface area contributed by atoms with E-state index in [4.69, 9.17) is 21.3 Å². The van der Waals surface area contributed by atoms with Crippen molar-refractivity contribution in [3.05, 3.63) is 71.2 Å². The van der Waals surface area contributed by atoms with Crippen molar-refractivity contribution in [2.45, 2.75) is 19.9 Å². The lowest BCUT2D eigenvalue weighted by atomic mass is 10.2. The quantitative estimate of drug-likeness (QED) is 0.447. The first-order valence-electron chi connectivity index (χ1n) is 10.3. The molecule has 3 aromatic heterocycles. The van der Waals surface area contributed by atoms with Gasteiger partial charge in [0.25, 0.3) is 0 Å². The van der Waals surface area contributed by atoms with Crippen LogP contribution in [0.4, 0.5) is 11.6 Å². The average molecular weight is 448 g/mol. The van der Waals surface area contributed by atoms with E-state index < -0.39 is 0 Å². The number of methoxy groups -OCH3 is 1. The first-order valence-corrected chi connectivity index (χ1v) is 10.7. The third kappa shape index (κ3) is 3.97. The van der Waals surface area contributed by atoms with E-state index in [-0.39, 0.29) is 0 Å². The van der Waals surface area contributed by atoms with Gasteiger partial charge in [0.2, 0.25) is 11.8 Å². The highest BCUT2D eigenvalue weighted by Gasteiger charge is 2.22. The molecule has 9 heteroatoms. The monoisotopic (exact) mass is 447 g/mol. The maximum Gasteiger partial charge on any atom is 0.238 e. The van der Waals surface area contributed by atoms with Gasteiger partial charge in [-0.15, -0.1) is 5.10 Å². The van der Waals surface area contributed by atoms with E-state index in [0.29, 0.717) is 16.7 Å². The van der Waals surface area contributed by atoms with E-state index in [0.717, 1.165) is 48.2 Å². The average Bonchev–Trinajstić information content (AvgIpc) is 3.43. The minimum Gasteiger partial charge on any atom is -0.479 e. The van der Waals surface area contributed by atoms with Crippen molar-refractivity contribution < 1.29 is 4.74 Å². The second-order valence-electron chi connectivity index (χ2n) is 7.49. The van der Waals surface area contributed by atoms with Crippen LogP contribution in [0.25, 0.3) is 17.8 Å². The Bertz CT molecular complexity index is 1280. The molecule has 0 spiro atoms. The highest BCUT2D eigenvalue weighted by molar-refractivity contribution is 6.30. The number of halogens is 1. The first-order chi connectivity index (χ1) is 15.6. The second-order valence-corrected chi connectivity index (χ2v) is 7.93. The van der Waals surface area contributed by atoms with Crippen molar-refractivity contribution in [1.29, 1.82) is 0 Å². The van der Waals surface area contributed by atoms with Crippen molar-refractivity contribution in [2.75, 3.05) is 18.6 Å². The number of ether oxygens (including phenoxy) is 1. The van der Waals surface area contributed by atoms with Gasteiger partial charge in [0.1, 0.15) is 5.69 Å². The smallest absolute Gasteiger partial charge is 0.238 e. The van der Waals surface area contributed by atoms with Crippen LogP contribution in [-0.2, 0) is 6.54 Å². The van der Waals surface area contributed by atoms with Gasteiger partial charge in [-0.05, 0) is 61.9 Å². The predicted octanol–water partition coefficient (Wildman–Crippen LogP) is 4.54. The second kappa shape index (κ2) is 8.47. The SMILES string of the molecule is COc1nc(C=Cc2nc3n(n2)CCCN3c2ccc(Cl)cc2)ccc1-n1cnc(C)c1. The fraction of sp³-hybridized carbons (Fsp3) is 0.217. The van der Waals surface area contributed by atoms with E-state index in [1.807, 2.05) is 70.9 Å². The van der Waals surface area contributed by atoms with Crippen LogP contribution in [0.3, 0.4) is 0 Å². The van der Waals surface area contributed by atoms with Gasteiger partial charge in [-0.3, -0.25) is 0 Å². The van der Waals surface area contributed by atoms with Gasteiger partial charge in [-0.1, -0.05) is 11.6 Å². The Morgan fingerprint density at radius 2 is 1.88 bits per heavy atom. The number of anilines is 2. The summed E-state index contributed by atoms with van der Waals surface area (Å²) in [7, 11) is 1.61. The van der Waals surface area contributed by atoms with Crippen molar-refractivity contribution in [3.63, 3.8) is 0 Å². The molecule has 0 saturated carbocycles. The molecule has 162 valence electrons. The van der Waals surface area contributed by atoms with Crippen LogP contribution in [0, 0.1) is 6.92 Å². The molecule has 4 aromatic rings. The summed E-state index contributed by atoms with van der Waals surface area (Å²) in [6.07, 6.45) is 8.43. The van der Waals surface area contributed by atoms with Crippen LogP contribution in [0.1, 0.15) is 23.6 Å². The Kier molecular flexibility index (Phi) is 5.36. The van der Waals surface area contributed by atoms with Crippen LogP contribution in [0.15, 0.2) is 48.9 Å². The van der Waals surface area contributed by atoms with Gasteiger partial charge in [0, 0.05) is 30.0 Å². The number of fused-ring (bicyclic) bond motifs is 1. The lowest BCUT2D eigenvalue weighted by Crippen LogP contribution is -2.28. The number of aromatic nitrogens is 6. The van der Waals surface area contributed by atoms with Gasteiger partial charge in [-0.25, -0.2) is 14.6 Å². The van der Waals surface area contributed by atoms with Gasteiger partial charge in [-0.2, -0.15) is 4.98 Å². The van der Waals surface area contributed by atoms with E-state index in [1.54, 1.807) is 13.4 Å². The summed E-state index contributed by atoms with van der Waals surface area (Å²) >= 11 is 6.04. The minimum absolute atomic E-state index is 0.524. The molecule has 0 atom stereocenters. The molecular weight excluding hydrogens is 426 g/mol. The molecule has 0 N–H and O–H groups in total. The molecule has 4 heterocycles. The zero-order chi connectivity index (χ0) is 22.1. The summed E-state index contributed by atoms with van der Waals surface area (Å²) in [6.45, 7) is 3.67. The molecule has 0 radical (unpaired) electrons. The highest BCUT2D eigenvalue weighted by atomic mass is 35.5. The Morgan fingerprint density at radius 3 is 2.62 bits per heavy atom. The number of imidazole rings is 1. The predicted molar refractivity (Wildman–Crippen MR) is 125 cm³/mol. The molecule has 0 unspecified atom stereocenters. The summed E-state index contributed by atoms with van der Waals surface area (Å²) in [5, 5.41) is 5.36. The first kappa shape index (κ1) is 20.3.